The van der Waals surface area contributed by atoms with Crippen molar-refractivity contribution in [2.24, 2.45) is 0 Å². The Morgan fingerprint density at radius 2 is 1.75 bits per heavy atom. The fourth-order valence-electron chi connectivity index (χ4n) is 2.28. The fourth-order valence-corrected chi connectivity index (χ4v) is 3.73. The molecule has 1 aromatic heterocycles. The van der Waals surface area contributed by atoms with Crippen LogP contribution in [0.1, 0.15) is 23.4 Å². The monoisotopic (exact) mass is 301 g/mol. The maximum atomic E-state index is 6.46. The lowest BCUT2D eigenvalue weighted by molar-refractivity contribution is 0.579. The van der Waals surface area contributed by atoms with Gasteiger partial charge in [0.15, 0.2) is 0 Å². The van der Waals surface area contributed by atoms with Gasteiger partial charge in [0.25, 0.3) is 0 Å². The van der Waals surface area contributed by atoms with Crippen molar-refractivity contribution in [1.29, 1.82) is 0 Å². The molecule has 1 N–H and O–H groups in total. The van der Waals surface area contributed by atoms with Gasteiger partial charge in [0.2, 0.25) is 0 Å². The van der Waals surface area contributed by atoms with Crippen LogP contribution in [-0.4, -0.2) is 0 Å². The van der Waals surface area contributed by atoms with Crippen LogP contribution in [-0.2, 0) is 6.54 Å². The topological polar surface area (TPSA) is 12.0 Å². The summed E-state index contributed by atoms with van der Waals surface area (Å²) in [5, 5.41) is 5.59. The van der Waals surface area contributed by atoms with Crippen LogP contribution in [0.2, 0.25) is 5.02 Å². The summed E-state index contributed by atoms with van der Waals surface area (Å²) in [6.07, 6.45) is 0. The molecule has 0 radical (unpaired) electrons. The minimum atomic E-state index is 0.317. The highest BCUT2D eigenvalue weighted by Crippen LogP contribution is 2.35. The van der Waals surface area contributed by atoms with Crippen LogP contribution in [0.15, 0.2) is 54.6 Å². The molecule has 0 bridgehead atoms. The summed E-state index contributed by atoms with van der Waals surface area (Å²) >= 11 is 8.22. The Morgan fingerprint density at radius 1 is 1.05 bits per heavy atom. The van der Waals surface area contributed by atoms with E-state index in [2.05, 4.69) is 54.7 Å². The molecule has 2 aromatic carbocycles. The second kappa shape index (κ2) is 5.96. The summed E-state index contributed by atoms with van der Waals surface area (Å²) in [6.45, 7) is 2.98. The maximum Gasteiger partial charge on any atom is 0.0636 e. The zero-order chi connectivity index (χ0) is 13.9. The second-order valence-electron chi connectivity index (χ2n) is 4.85. The average Bonchev–Trinajstić information content (AvgIpc) is 2.83. The van der Waals surface area contributed by atoms with Crippen molar-refractivity contribution in [3.8, 4) is 0 Å². The molecule has 0 aliphatic heterocycles. The Kier molecular flexibility index (Phi) is 4.06. The van der Waals surface area contributed by atoms with E-state index in [1.165, 1.54) is 15.1 Å². The van der Waals surface area contributed by atoms with E-state index >= 15 is 0 Å². The second-order valence-corrected chi connectivity index (χ2v) is 6.36. The van der Waals surface area contributed by atoms with Crippen molar-refractivity contribution in [2.75, 3.05) is 0 Å². The van der Waals surface area contributed by atoms with Gasteiger partial charge >= 0.3 is 0 Å². The first kappa shape index (κ1) is 13.6. The van der Waals surface area contributed by atoms with E-state index in [0.717, 1.165) is 17.0 Å². The highest BCUT2D eigenvalue weighted by molar-refractivity contribution is 7.19. The quantitative estimate of drug-likeness (QED) is 0.680. The predicted molar refractivity (Wildman–Crippen MR) is 88.5 cm³/mol. The molecule has 0 spiro atoms. The number of rotatable bonds is 4. The molecule has 0 saturated carbocycles. The minimum Gasteiger partial charge on any atom is -0.305 e. The molecule has 3 aromatic rings. The van der Waals surface area contributed by atoms with Crippen molar-refractivity contribution >= 4 is 33.0 Å². The Morgan fingerprint density at radius 3 is 2.50 bits per heavy atom. The number of nitrogens with one attached hydrogen (secondary N) is 1. The number of hydrogen-bond donors (Lipinski definition) is 1. The molecule has 0 aliphatic rings. The average molecular weight is 302 g/mol. The summed E-state index contributed by atoms with van der Waals surface area (Å²) in [7, 11) is 0. The molecule has 102 valence electrons. The smallest absolute Gasteiger partial charge is 0.0636 e. The van der Waals surface area contributed by atoms with E-state index in [-0.39, 0.29) is 0 Å². The van der Waals surface area contributed by atoms with Gasteiger partial charge in [0.05, 0.1) is 5.02 Å². The molecule has 20 heavy (non-hydrogen) atoms. The summed E-state index contributed by atoms with van der Waals surface area (Å²) in [6, 6.07) is 19.1. The molecule has 0 amide bonds. The standard InChI is InChI=1S/C17H16ClNS/c1-12(13-7-3-2-4-8-13)19-11-16-17(18)14-9-5-6-10-15(14)20-16/h2-10,12,19H,11H2,1H3. The highest BCUT2D eigenvalue weighted by Gasteiger charge is 2.11. The molecular formula is C17H16ClNS. The third-order valence-electron chi connectivity index (χ3n) is 3.47. The van der Waals surface area contributed by atoms with Gasteiger partial charge in [-0.25, -0.2) is 0 Å². The number of fused-ring (bicyclic) bond motifs is 1. The van der Waals surface area contributed by atoms with Gasteiger partial charge in [-0.3, -0.25) is 0 Å². The summed E-state index contributed by atoms with van der Waals surface area (Å²) in [5.74, 6) is 0. The first-order valence-corrected chi connectivity index (χ1v) is 7.89. The summed E-state index contributed by atoms with van der Waals surface area (Å²) in [5.41, 5.74) is 1.30. The van der Waals surface area contributed by atoms with E-state index in [0.29, 0.717) is 6.04 Å². The third-order valence-corrected chi connectivity index (χ3v) is 5.18. The van der Waals surface area contributed by atoms with Crippen LogP contribution < -0.4 is 5.32 Å². The number of halogens is 1. The summed E-state index contributed by atoms with van der Waals surface area (Å²) < 4.78 is 1.25. The lowest BCUT2D eigenvalue weighted by atomic mass is 10.1. The molecule has 0 saturated heterocycles. The first-order valence-electron chi connectivity index (χ1n) is 6.70. The maximum absolute atomic E-state index is 6.46. The number of hydrogen-bond acceptors (Lipinski definition) is 2. The van der Waals surface area contributed by atoms with Crippen LogP contribution in [0, 0.1) is 0 Å². The minimum absolute atomic E-state index is 0.317. The molecule has 1 nitrogen and oxygen atoms in total. The zero-order valence-corrected chi connectivity index (χ0v) is 12.8. The van der Waals surface area contributed by atoms with E-state index in [1.807, 2.05) is 12.1 Å². The van der Waals surface area contributed by atoms with Crippen molar-refractivity contribution < 1.29 is 0 Å². The van der Waals surface area contributed by atoms with Gasteiger partial charge in [-0.15, -0.1) is 11.3 Å². The molecule has 3 rings (SSSR count). The van der Waals surface area contributed by atoms with Gasteiger partial charge in [0.1, 0.15) is 0 Å². The Hall–Kier alpha value is -1.35. The van der Waals surface area contributed by atoms with E-state index in [4.69, 9.17) is 11.6 Å². The van der Waals surface area contributed by atoms with Crippen molar-refractivity contribution in [2.45, 2.75) is 19.5 Å². The Bertz CT molecular complexity index is 705. The predicted octanol–water partition coefficient (Wildman–Crippen LogP) is 5.41. The Balaban J connectivity index is 1.76. The number of thiophene rings is 1. The highest BCUT2D eigenvalue weighted by atomic mass is 35.5. The van der Waals surface area contributed by atoms with Crippen LogP contribution >= 0.6 is 22.9 Å². The molecule has 0 aliphatic carbocycles. The van der Waals surface area contributed by atoms with E-state index in [9.17, 15) is 0 Å². The third kappa shape index (κ3) is 2.73. The fraction of sp³-hybridized carbons (Fsp3) is 0.176. The van der Waals surface area contributed by atoms with Gasteiger partial charge in [-0.1, -0.05) is 60.1 Å². The Labute approximate surface area is 128 Å². The van der Waals surface area contributed by atoms with Crippen LogP contribution in [0.4, 0.5) is 0 Å². The number of benzene rings is 2. The zero-order valence-electron chi connectivity index (χ0n) is 11.3. The lowest BCUT2D eigenvalue weighted by Crippen LogP contribution is -2.17. The van der Waals surface area contributed by atoms with Crippen LogP contribution in [0.25, 0.3) is 10.1 Å². The molecular weight excluding hydrogens is 286 g/mol. The molecule has 1 atom stereocenters. The van der Waals surface area contributed by atoms with Gasteiger partial charge in [-0.05, 0) is 18.6 Å². The van der Waals surface area contributed by atoms with Gasteiger partial charge in [-0.2, -0.15) is 0 Å². The SMILES string of the molecule is CC(NCc1sc2ccccc2c1Cl)c1ccccc1. The van der Waals surface area contributed by atoms with E-state index in [1.54, 1.807) is 11.3 Å². The largest absolute Gasteiger partial charge is 0.305 e. The first-order chi connectivity index (χ1) is 9.75. The molecule has 3 heteroatoms. The van der Waals surface area contributed by atoms with Crippen molar-refractivity contribution in [3.63, 3.8) is 0 Å². The van der Waals surface area contributed by atoms with Gasteiger partial charge in [0, 0.05) is 27.5 Å². The van der Waals surface area contributed by atoms with Crippen LogP contribution in [0.5, 0.6) is 0 Å². The molecule has 1 unspecified atom stereocenters. The lowest BCUT2D eigenvalue weighted by Gasteiger charge is -2.13. The molecule has 0 fully saturated rings. The van der Waals surface area contributed by atoms with Gasteiger partial charge < -0.3 is 5.32 Å². The van der Waals surface area contributed by atoms with Crippen molar-refractivity contribution in [1.82, 2.24) is 5.32 Å². The van der Waals surface area contributed by atoms with Crippen LogP contribution in [0.3, 0.4) is 0 Å². The summed E-state index contributed by atoms with van der Waals surface area (Å²) in [4.78, 5) is 1.20. The normalized spacial score (nSPS) is 12.7. The van der Waals surface area contributed by atoms with Crippen molar-refractivity contribution in [3.05, 3.63) is 70.1 Å². The molecule has 1 heterocycles. The van der Waals surface area contributed by atoms with E-state index < -0.39 is 0 Å².